The summed E-state index contributed by atoms with van der Waals surface area (Å²) >= 11 is 17.8. The monoisotopic (exact) mass is 342 g/mol. The van der Waals surface area contributed by atoms with E-state index in [-0.39, 0.29) is 5.02 Å². The Bertz CT molecular complexity index is 814. The number of benzene rings is 2. The number of hydrogen-bond donors (Lipinski definition) is 0. The van der Waals surface area contributed by atoms with Gasteiger partial charge in [0.05, 0.1) is 21.7 Å². The lowest BCUT2D eigenvalue weighted by molar-refractivity contribution is 0.617. The van der Waals surface area contributed by atoms with E-state index in [1.165, 1.54) is 6.07 Å². The van der Waals surface area contributed by atoms with Crippen molar-refractivity contribution in [2.24, 2.45) is 0 Å². The maximum Gasteiger partial charge on any atom is 0.165 e. The summed E-state index contributed by atoms with van der Waals surface area (Å²) in [6.45, 7) is 0. The zero-order valence-electron chi connectivity index (χ0n) is 10.8. The predicted molar refractivity (Wildman–Crippen MR) is 85.5 cm³/mol. The third-order valence-electron chi connectivity index (χ3n) is 3.18. The second-order valence-electron chi connectivity index (χ2n) is 4.51. The molecule has 0 N–H and O–H groups in total. The number of aryl methyl sites for hydroxylation is 1. The van der Waals surface area contributed by atoms with Crippen molar-refractivity contribution in [1.29, 1.82) is 0 Å². The summed E-state index contributed by atoms with van der Waals surface area (Å²) in [6, 6.07) is 10.2. The van der Waals surface area contributed by atoms with Gasteiger partial charge in [0.2, 0.25) is 0 Å². The van der Waals surface area contributed by atoms with Crippen molar-refractivity contribution >= 4 is 45.8 Å². The fourth-order valence-corrected chi connectivity index (χ4v) is 2.79. The van der Waals surface area contributed by atoms with Gasteiger partial charge in [0.15, 0.2) is 5.82 Å². The van der Waals surface area contributed by atoms with Gasteiger partial charge in [-0.1, -0.05) is 29.3 Å². The third kappa shape index (κ3) is 2.61. The Labute approximate surface area is 136 Å². The van der Waals surface area contributed by atoms with Crippen molar-refractivity contribution in [2.75, 3.05) is 5.88 Å². The molecule has 21 heavy (non-hydrogen) atoms. The third-order valence-corrected chi connectivity index (χ3v) is 3.89. The van der Waals surface area contributed by atoms with E-state index in [0.29, 0.717) is 28.8 Å². The summed E-state index contributed by atoms with van der Waals surface area (Å²) in [4.78, 5) is 4.50. The van der Waals surface area contributed by atoms with Crippen LogP contribution in [0.1, 0.15) is 5.82 Å². The standard InChI is InChI=1S/C15H10Cl3FN2/c16-7-6-14-20-11-5-4-9(17)8-13(11)21(14)12-3-1-2-10(18)15(12)19/h1-5,8H,6-7H2. The van der Waals surface area contributed by atoms with Crippen LogP contribution >= 0.6 is 34.8 Å². The molecule has 0 aliphatic heterocycles. The molecule has 3 aromatic rings. The van der Waals surface area contributed by atoms with E-state index in [0.717, 1.165) is 11.0 Å². The lowest BCUT2D eigenvalue weighted by atomic mass is 10.2. The summed E-state index contributed by atoms with van der Waals surface area (Å²) in [7, 11) is 0. The highest BCUT2D eigenvalue weighted by molar-refractivity contribution is 6.31. The van der Waals surface area contributed by atoms with Crippen LogP contribution in [-0.4, -0.2) is 15.4 Å². The molecule has 1 heterocycles. The van der Waals surface area contributed by atoms with Gasteiger partial charge in [-0.25, -0.2) is 9.37 Å². The molecule has 3 rings (SSSR count). The van der Waals surface area contributed by atoms with Crippen LogP contribution in [0.5, 0.6) is 0 Å². The number of aromatic nitrogens is 2. The summed E-state index contributed by atoms with van der Waals surface area (Å²) < 4.78 is 16.1. The second kappa shape index (κ2) is 5.84. The number of hydrogen-bond acceptors (Lipinski definition) is 1. The minimum atomic E-state index is -0.491. The maximum atomic E-state index is 14.4. The van der Waals surface area contributed by atoms with E-state index in [1.54, 1.807) is 34.9 Å². The fraction of sp³-hybridized carbons (Fsp3) is 0.133. The summed E-state index contributed by atoms with van der Waals surface area (Å²) in [5.41, 5.74) is 1.80. The molecule has 0 unspecified atom stereocenters. The molecular formula is C15H10Cl3FN2. The van der Waals surface area contributed by atoms with Crippen LogP contribution < -0.4 is 0 Å². The van der Waals surface area contributed by atoms with Crippen molar-refractivity contribution in [3.8, 4) is 5.69 Å². The van der Waals surface area contributed by atoms with Gasteiger partial charge in [-0.2, -0.15) is 0 Å². The highest BCUT2D eigenvalue weighted by atomic mass is 35.5. The highest BCUT2D eigenvalue weighted by Gasteiger charge is 2.16. The van der Waals surface area contributed by atoms with Crippen LogP contribution in [-0.2, 0) is 6.42 Å². The molecule has 0 spiro atoms. The molecule has 1 aromatic heterocycles. The zero-order chi connectivity index (χ0) is 15.0. The molecule has 0 aliphatic carbocycles. The van der Waals surface area contributed by atoms with E-state index < -0.39 is 5.82 Å². The van der Waals surface area contributed by atoms with E-state index in [4.69, 9.17) is 34.8 Å². The van der Waals surface area contributed by atoms with Crippen LogP contribution in [0.3, 0.4) is 0 Å². The quantitative estimate of drug-likeness (QED) is 0.594. The molecule has 0 radical (unpaired) electrons. The first-order valence-corrected chi connectivity index (χ1v) is 7.58. The summed E-state index contributed by atoms with van der Waals surface area (Å²) in [5.74, 6) is 0.567. The second-order valence-corrected chi connectivity index (χ2v) is 5.73. The normalized spacial score (nSPS) is 11.2. The molecule has 0 aliphatic rings. The predicted octanol–water partition coefficient (Wildman–Crippen LogP) is 5.25. The number of nitrogens with zero attached hydrogens (tertiary/aromatic N) is 2. The Kier molecular flexibility index (Phi) is 4.07. The average Bonchev–Trinajstić information content (AvgIpc) is 2.80. The maximum absolute atomic E-state index is 14.4. The summed E-state index contributed by atoms with van der Waals surface area (Å²) in [6.07, 6.45) is 0.514. The van der Waals surface area contributed by atoms with Gasteiger partial charge in [-0.05, 0) is 30.3 Å². The van der Waals surface area contributed by atoms with Crippen molar-refractivity contribution < 1.29 is 4.39 Å². The fourth-order valence-electron chi connectivity index (χ4n) is 2.28. The summed E-state index contributed by atoms with van der Waals surface area (Å²) in [5, 5.41) is 0.622. The van der Waals surface area contributed by atoms with Crippen molar-refractivity contribution in [2.45, 2.75) is 6.42 Å². The van der Waals surface area contributed by atoms with Crippen LogP contribution in [0.15, 0.2) is 36.4 Å². The average molecular weight is 344 g/mol. The molecule has 0 fully saturated rings. The molecule has 108 valence electrons. The molecule has 0 saturated carbocycles. The van der Waals surface area contributed by atoms with Gasteiger partial charge in [-0.3, -0.25) is 4.57 Å². The number of halogens is 4. The molecule has 0 amide bonds. The Balaban J connectivity index is 2.35. The smallest absolute Gasteiger partial charge is 0.165 e. The van der Waals surface area contributed by atoms with Crippen molar-refractivity contribution in [1.82, 2.24) is 9.55 Å². The first-order valence-electron chi connectivity index (χ1n) is 6.29. The zero-order valence-corrected chi connectivity index (χ0v) is 13.1. The van der Waals surface area contributed by atoms with E-state index in [9.17, 15) is 4.39 Å². The molecule has 2 nitrogen and oxygen atoms in total. The minimum Gasteiger partial charge on any atom is -0.293 e. The highest BCUT2D eigenvalue weighted by Crippen LogP contribution is 2.28. The first kappa shape index (κ1) is 14.6. The number of alkyl halides is 1. The van der Waals surface area contributed by atoms with Crippen molar-refractivity contribution in [3.63, 3.8) is 0 Å². The van der Waals surface area contributed by atoms with E-state index in [1.807, 2.05) is 0 Å². The molecule has 0 bridgehead atoms. The van der Waals surface area contributed by atoms with Gasteiger partial charge in [0.1, 0.15) is 5.82 Å². The Morgan fingerprint density at radius 1 is 1.14 bits per heavy atom. The van der Waals surface area contributed by atoms with Gasteiger partial charge < -0.3 is 0 Å². The van der Waals surface area contributed by atoms with Gasteiger partial charge in [0, 0.05) is 17.3 Å². The lowest BCUT2D eigenvalue weighted by Gasteiger charge is -2.10. The molecule has 6 heteroatoms. The minimum absolute atomic E-state index is 0.0631. The Morgan fingerprint density at radius 2 is 1.95 bits per heavy atom. The number of imidazole rings is 1. The van der Waals surface area contributed by atoms with Crippen LogP contribution in [0.25, 0.3) is 16.7 Å². The molecule has 2 aromatic carbocycles. The molecule has 0 saturated heterocycles. The first-order chi connectivity index (χ1) is 10.1. The topological polar surface area (TPSA) is 17.8 Å². The molecule has 0 atom stereocenters. The number of fused-ring (bicyclic) bond motifs is 1. The Hall–Kier alpha value is -1.29. The van der Waals surface area contributed by atoms with E-state index >= 15 is 0 Å². The SMILES string of the molecule is Fc1c(Cl)cccc1-n1c(CCCl)nc2ccc(Cl)cc21. The van der Waals surface area contributed by atoms with Crippen LogP contribution in [0, 0.1) is 5.82 Å². The van der Waals surface area contributed by atoms with Gasteiger partial charge >= 0.3 is 0 Å². The van der Waals surface area contributed by atoms with Crippen LogP contribution in [0.2, 0.25) is 10.0 Å². The lowest BCUT2D eigenvalue weighted by Crippen LogP contribution is -2.04. The van der Waals surface area contributed by atoms with Crippen LogP contribution in [0.4, 0.5) is 4.39 Å². The van der Waals surface area contributed by atoms with Crippen molar-refractivity contribution in [3.05, 3.63) is 58.1 Å². The molecular weight excluding hydrogens is 334 g/mol. The van der Waals surface area contributed by atoms with Gasteiger partial charge in [-0.15, -0.1) is 11.6 Å². The number of rotatable bonds is 3. The van der Waals surface area contributed by atoms with Gasteiger partial charge in [0.25, 0.3) is 0 Å². The largest absolute Gasteiger partial charge is 0.293 e. The Morgan fingerprint density at radius 3 is 2.71 bits per heavy atom. The van der Waals surface area contributed by atoms with E-state index in [2.05, 4.69) is 4.98 Å².